The second-order valence-electron chi connectivity index (χ2n) is 5.34. The van der Waals surface area contributed by atoms with Gasteiger partial charge < -0.3 is 14.6 Å². The molecule has 22 heavy (non-hydrogen) atoms. The van der Waals surface area contributed by atoms with Gasteiger partial charge in [0.1, 0.15) is 6.04 Å². The smallest absolute Gasteiger partial charge is 0.290 e. The number of amides is 2. The zero-order chi connectivity index (χ0) is 15.4. The second kappa shape index (κ2) is 6.47. The molecule has 1 atom stereocenters. The van der Waals surface area contributed by atoms with Crippen molar-refractivity contribution in [1.82, 2.24) is 10.2 Å². The Kier molecular flexibility index (Phi) is 4.23. The minimum absolute atomic E-state index is 0.110. The van der Waals surface area contributed by atoms with Gasteiger partial charge in [-0.25, -0.2) is 0 Å². The molecule has 1 aromatic carbocycles. The summed E-state index contributed by atoms with van der Waals surface area (Å²) < 4.78 is 5.14. The van der Waals surface area contributed by atoms with Gasteiger partial charge in [0.25, 0.3) is 5.91 Å². The van der Waals surface area contributed by atoms with E-state index in [2.05, 4.69) is 5.32 Å². The van der Waals surface area contributed by atoms with Crippen LogP contribution >= 0.6 is 0 Å². The summed E-state index contributed by atoms with van der Waals surface area (Å²) in [5.74, 6) is -0.0496. The van der Waals surface area contributed by atoms with Crippen LogP contribution in [0.4, 0.5) is 0 Å². The maximum Gasteiger partial charge on any atom is 0.290 e. The first-order valence-corrected chi connectivity index (χ1v) is 7.42. The van der Waals surface area contributed by atoms with Crippen LogP contribution in [0, 0.1) is 0 Å². The van der Waals surface area contributed by atoms with Gasteiger partial charge in [0, 0.05) is 13.1 Å². The van der Waals surface area contributed by atoms with E-state index >= 15 is 0 Å². The molecule has 2 aromatic rings. The lowest BCUT2D eigenvalue weighted by atomic mass is 10.2. The minimum Gasteiger partial charge on any atom is -0.459 e. The van der Waals surface area contributed by atoms with Gasteiger partial charge in [-0.05, 0) is 30.5 Å². The molecule has 1 fully saturated rings. The third kappa shape index (κ3) is 3.03. The SMILES string of the molecule is O=C(NCc1ccccc1)[C@@H]1CCCN1C(=O)c1ccco1. The Morgan fingerprint density at radius 1 is 1.18 bits per heavy atom. The first kappa shape index (κ1) is 14.4. The fourth-order valence-electron chi connectivity index (χ4n) is 2.73. The number of rotatable bonds is 4. The van der Waals surface area contributed by atoms with Crippen LogP contribution in [0.25, 0.3) is 0 Å². The van der Waals surface area contributed by atoms with Crippen molar-refractivity contribution < 1.29 is 14.0 Å². The Morgan fingerprint density at radius 2 is 2.00 bits per heavy atom. The first-order chi connectivity index (χ1) is 10.8. The van der Waals surface area contributed by atoms with E-state index < -0.39 is 6.04 Å². The van der Waals surface area contributed by atoms with E-state index in [0.29, 0.717) is 19.5 Å². The molecule has 0 saturated carbocycles. The fourth-order valence-corrected chi connectivity index (χ4v) is 2.73. The molecule has 0 unspecified atom stereocenters. The first-order valence-electron chi connectivity index (χ1n) is 7.42. The Bertz CT molecular complexity index is 637. The zero-order valence-electron chi connectivity index (χ0n) is 12.2. The molecule has 1 aliphatic rings. The summed E-state index contributed by atoms with van der Waals surface area (Å²) in [5, 5.41) is 2.91. The third-order valence-electron chi connectivity index (χ3n) is 3.86. The lowest BCUT2D eigenvalue weighted by Crippen LogP contribution is -2.45. The molecule has 1 aliphatic heterocycles. The van der Waals surface area contributed by atoms with Crippen molar-refractivity contribution in [2.75, 3.05) is 6.54 Å². The number of benzene rings is 1. The zero-order valence-corrected chi connectivity index (χ0v) is 12.2. The highest BCUT2D eigenvalue weighted by Crippen LogP contribution is 2.20. The van der Waals surface area contributed by atoms with E-state index in [1.165, 1.54) is 6.26 Å². The van der Waals surface area contributed by atoms with Crippen molar-refractivity contribution in [3.63, 3.8) is 0 Å². The average molecular weight is 298 g/mol. The van der Waals surface area contributed by atoms with Crippen LogP contribution in [0.2, 0.25) is 0 Å². The van der Waals surface area contributed by atoms with E-state index in [9.17, 15) is 9.59 Å². The number of hydrogen-bond donors (Lipinski definition) is 1. The normalized spacial score (nSPS) is 17.5. The second-order valence-corrected chi connectivity index (χ2v) is 5.34. The summed E-state index contributed by atoms with van der Waals surface area (Å²) in [6, 6.07) is 12.6. The van der Waals surface area contributed by atoms with E-state index in [0.717, 1.165) is 12.0 Å². The van der Waals surface area contributed by atoms with Gasteiger partial charge in [-0.2, -0.15) is 0 Å². The van der Waals surface area contributed by atoms with E-state index in [-0.39, 0.29) is 17.6 Å². The van der Waals surface area contributed by atoms with Gasteiger partial charge in [-0.1, -0.05) is 30.3 Å². The van der Waals surface area contributed by atoms with Crippen LogP contribution in [0.15, 0.2) is 53.1 Å². The number of carbonyl (C=O) groups is 2. The third-order valence-corrected chi connectivity index (χ3v) is 3.86. The van der Waals surface area contributed by atoms with Crippen molar-refractivity contribution >= 4 is 11.8 Å². The Balaban J connectivity index is 1.62. The quantitative estimate of drug-likeness (QED) is 0.941. The number of nitrogens with zero attached hydrogens (tertiary/aromatic N) is 1. The fraction of sp³-hybridized carbons (Fsp3) is 0.294. The predicted molar refractivity (Wildman–Crippen MR) is 81.1 cm³/mol. The predicted octanol–water partition coefficient (Wildman–Crippen LogP) is 2.20. The minimum atomic E-state index is -0.415. The summed E-state index contributed by atoms with van der Waals surface area (Å²) in [7, 11) is 0. The molecule has 0 bridgehead atoms. The van der Waals surface area contributed by atoms with Crippen LogP contribution in [0.5, 0.6) is 0 Å². The van der Waals surface area contributed by atoms with Gasteiger partial charge in [-0.3, -0.25) is 9.59 Å². The van der Waals surface area contributed by atoms with Gasteiger partial charge in [0.05, 0.1) is 6.26 Å². The van der Waals surface area contributed by atoms with Gasteiger partial charge >= 0.3 is 0 Å². The van der Waals surface area contributed by atoms with Crippen molar-refractivity contribution in [3.05, 3.63) is 60.1 Å². The van der Waals surface area contributed by atoms with Crippen molar-refractivity contribution in [2.24, 2.45) is 0 Å². The average Bonchev–Trinajstić information content (AvgIpc) is 3.24. The molecular weight excluding hydrogens is 280 g/mol. The number of nitrogens with one attached hydrogen (secondary N) is 1. The molecule has 2 heterocycles. The number of furan rings is 1. The van der Waals surface area contributed by atoms with Crippen LogP contribution in [-0.2, 0) is 11.3 Å². The van der Waals surface area contributed by atoms with Crippen LogP contribution in [0.3, 0.4) is 0 Å². The van der Waals surface area contributed by atoms with Gasteiger partial charge in [0.15, 0.2) is 5.76 Å². The summed E-state index contributed by atoms with van der Waals surface area (Å²) in [4.78, 5) is 26.3. The molecule has 5 nitrogen and oxygen atoms in total. The van der Waals surface area contributed by atoms with Crippen LogP contribution in [-0.4, -0.2) is 29.3 Å². The summed E-state index contributed by atoms with van der Waals surface area (Å²) >= 11 is 0. The molecule has 1 N–H and O–H groups in total. The molecule has 0 radical (unpaired) electrons. The topological polar surface area (TPSA) is 62.6 Å². The monoisotopic (exact) mass is 298 g/mol. The number of carbonyl (C=O) groups excluding carboxylic acids is 2. The number of hydrogen-bond acceptors (Lipinski definition) is 3. The van der Waals surface area contributed by atoms with Crippen molar-refractivity contribution in [2.45, 2.75) is 25.4 Å². The molecular formula is C17H18N2O3. The summed E-state index contributed by atoms with van der Waals surface area (Å²) in [5.41, 5.74) is 1.04. The highest BCUT2D eigenvalue weighted by atomic mass is 16.3. The molecule has 0 spiro atoms. The molecule has 2 amide bonds. The van der Waals surface area contributed by atoms with Gasteiger partial charge in [-0.15, -0.1) is 0 Å². The lowest BCUT2D eigenvalue weighted by molar-refractivity contribution is -0.125. The van der Waals surface area contributed by atoms with Crippen LogP contribution in [0.1, 0.15) is 29.0 Å². The maximum atomic E-state index is 12.4. The molecule has 114 valence electrons. The van der Waals surface area contributed by atoms with E-state index in [1.54, 1.807) is 17.0 Å². The Labute approximate surface area is 128 Å². The largest absolute Gasteiger partial charge is 0.459 e. The lowest BCUT2D eigenvalue weighted by Gasteiger charge is -2.23. The van der Waals surface area contributed by atoms with Gasteiger partial charge in [0.2, 0.25) is 5.91 Å². The summed E-state index contributed by atoms with van der Waals surface area (Å²) in [6.45, 7) is 1.06. The van der Waals surface area contributed by atoms with Crippen molar-refractivity contribution in [1.29, 1.82) is 0 Å². The van der Waals surface area contributed by atoms with E-state index in [4.69, 9.17) is 4.42 Å². The number of likely N-dealkylation sites (tertiary alicyclic amines) is 1. The molecule has 3 rings (SSSR count). The molecule has 0 aliphatic carbocycles. The van der Waals surface area contributed by atoms with Crippen molar-refractivity contribution in [3.8, 4) is 0 Å². The molecule has 1 saturated heterocycles. The van der Waals surface area contributed by atoms with Crippen LogP contribution < -0.4 is 5.32 Å². The molecule has 1 aromatic heterocycles. The highest BCUT2D eigenvalue weighted by molar-refractivity contribution is 5.95. The highest BCUT2D eigenvalue weighted by Gasteiger charge is 2.35. The van der Waals surface area contributed by atoms with E-state index in [1.807, 2.05) is 30.3 Å². The maximum absolute atomic E-state index is 12.4. The summed E-state index contributed by atoms with van der Waals surface area (Å²) in [6.07, 6.45) is 2.98. The Morgan fingerprint density at radius 3 is 2.73 bits per heavy atom. The standard InChI is InChI=1S/C17H18N2O3/c20-16(18-12-13-6-2-1-3-7-13)14-8-4-10-19(14)17(21)15-9-5-11-22-15/h1-3,5-7,9,11,14H,4,8,10,12H2,(H,18,20)/t14-/m0/s1. The molecule has 5 heteroatoms. The Hall–Kier alpha value is -2.56.